The third-order valence-corrected chi connectivity index (χ3v) is 3.46. The molecular formula is C19H23N3O3. The van der Waals surface area contributed by atoms with Gasteiger partial charge in [0.15, 0.2) is 0 Å². The maximum absolute atomic E-state index is 12.0. The van der Waals surface area contributed by atoms with Crippen molar-refractivity contribution in [3.05, 3.63) is 59.7 Å². The minimum atomic E-state index is -0.328. The van der Waals surface area contributed by atoms with E-state index in [1.165, 1.54) is 0 Å². The number of nitrogens with one attached hydrogen (secondary N) is 3. The Morgan fingerprint density at radius 3 is 2.36 bits per heavy atom. The van der Waals surface area contributed by atoms with E-state index in [1.54, 1.807) is 31.4 Å². The van der Waals surface area contributed by atoms with E-state index in [0.29, 0.717) is 17.8 Å². The van der Waals surface area contributed by atoms with Crippen molar-refractivity contribution < 1.29 is 14.3 Å². The van der Waals surface area contributed by atoms with Crippen LogP contribution >= 0.6 is 0 Å². The number of benzene rings is 2. The molecule has 2 rings (SSSR count). The number of anilines is 1. The summed E-state index contributed by atoms with van der Waals surface area (Å²) in [5.41, 5.74) is 2.05. The fraction of sp³-hybridized carbons (Fsp3) is 0.263. The quantitative estimate of drug-likeness (QED) is 0.755. The van der Waals surface area contributed by atoms with E-state index < -0.39 is 0 Å². The van der Waals surface area contributed by atoms with Crippen LogP contribution in [0, 0.1) is 0 Å². The first-order chi connectivity index (χ1) is 12.0. The van der Waals surface area contributed by atoms with Gasteiger partial charge in [-0.25, -0.2) is 4.79 Å². The molecule has 2 aromatic rings. The Balaban J connectivity index is 1.89. The first-order valence-electron chi connectivity index (χ1n) is 8.07. The maximum atomic E-state index is 12.0. The highest BCUT2D eigenvalue weighted by molar-refractivity contribution is 5.95. The Labute approximate surface area is 147 Å². The molecule has 0 radical (unpaired) electrons. The van der Waals surface area contributed by atoms with Gasteiger partial charge in [0.05, 0.1) is 7.11 Å². The van der Waals surface area contributed by atoms with Gasteiger partial charge in [0, 0.05) is 29.4 Å². The van der Waals surface area contributed by atoms with Crippen LogP contribution in [0.2, 0.25) is 0 Å². The van der Waals surface area contributed by atoms with Crippen molar-refractivity contribution in [1.29, 1.82) is 0 Å². The summed E-state index contributed by atoms with van der Waals surface area (Å²) in [5.74, 6) is 0.588. The molecule has 25 heavy (non-hydrogen) atoms. The summed E-state index contributed by atoms with van der Waals surface area (Å²) in [6.07, 6.45) is 0. The molecule has 0 unspecified atom stereocenters. The molecule has 3 amide bonds. The molecule has 0 aliphatic rings. The number of rotatable bonds is 6. The molecule has 2 aromatic carbocycles. The Hall–Kier alpha value is -3.02. The van der Waals surface area contributed by atoms with Crippen molar-refractivity contribution in [2.45, 2.75) is 26.4 Å². The predicted molar refractivity (Wildman–Crippen MR) is 97.9 cm³/mol. The van der Waals surface area contributed by atoms with Crippen LogP contribution in [0.4, 0.5) is 10.5 Å². The summed E-state index contributed by atoms with van der Waals surface area (Å²) in [6.45, 7) is 4.16. The van der Waals surface area contributed by atoms with Crippen molar-refractivity contribution in [3.8, 4) is 5.75 Å². The summed E-state index contributed by atoms with van der Waals surface area (Å²) in [5, 5.41) is 8.33. The van der Waals surface area contributed by atoms with Gasteiger partial charge in [-0.1, -0.05) is 18.2 Å². The first kappa shape index (κ1) is 18.3. The average Bonchev–Trinajstić information content (AvgIpc) is 2.60. The fourth-order valence-electron chi connectivity index (χ4n) is 2.25. The number of urea groups is 1. The van der Waals surface area contributed by atoms with E-state index in [1.807, 2.05) is 38.1 Å². The zero-order chi connectivity index (χ0) is 18.2. The Kier molecular flexibility index (Phi) is 6.39. The van der Waals surface area contributed by atoms with E-state index in [2.05, 4.69) is 16.0 Å². The lowest BCUT2D eigenvalue weighted by atomic mass is 10.2. The molecule has 132 valence electrons. The molecule has 0 bridgehead atoms. The lowest BCUT2D eigenvalue weighted by Gasteiger charge is -2.11. The van der Waals surface area contributed by atoms with Crippen molar-refractivity contribution in [1.82, 2.24) is 10.6 Å². The van der Waals surface area contributed by atoms with Gasteiger partial charge in [-0.05, 0) is 44.2 Å². The minimum absolute atomic E-state index is 0.0751. The number of carbonyl (C=O) groups is 2. The lowest BCUT2D eigenvalue weighted by Crippen LogP contribution is -2.30. The van der Waals surface area contributed by atoms with Gasteiger partial charge in [-0.15, -0.1) is 0 Å². The Morgan fingerprint density at radius 1 is 1.04 bits per heavy atom. The number of ether oxygens (including phenoxy) is 1. The summed E-state index contributed by atoms with van der Waals surface area (Å²) in [6, 6.07) is 14.0. The van der Waals surface area contributed by atoms with Gasteiger partial charge in [-0.3, -0.25) is 4.79 Å². The number of methoxy groups -OCH3 is 1. The molecule has 3 N–H and O–H groups in total. The number of para-hydroxylation sites is 1. The summed E-state index contributed by atoms with van der Waals surface area (Å²) < 4.78 is 5.25. The molecule has 0 aliphatic carbocycles. The Bertz CT molecular complexity index is 727. The SMILES string of the molecule is COc1ccccc1CNC(=O)Nc1ccc(C(=O)NC(C)C)cc1. The average molecular weight is 341 g/mol. The topological polar surface area (TPSA) is 79.5 Å². The van der Waals surface area contributed by atoms with Crippen LogP contribution in [0.15, 0.2) is 48.5 Å². The standard InChI is InChI=1S/C19H23N3O3/c1-13(2)21-18(23)14-8-10-16(11-9-14)22-19(24)20-12-15-6-4-5-7-17(15)25-3/h4-11,13H,12H2,1-3H3,(H,21,23)(H2,20,22,24). The van der Waals surface area contributed by atoms with Gasteiger partial charge in [0.1, 0.15) is 5.75 Å². The summed E-state index contributed by atoms with van der Waals surface area (Å²) in [7, 11) is 1.59. The second-order valence-electron chi connectivity index (χ2n) is 5.83. The highest BCUT2D eigenvalue weighted by Crippen LogP contribution is 2.16. The highest BCUT2D eigenvalue weighted by Gasteiger charge is 2.08. The van der Waals surface area contributed by atoms with E-state index in [4.69, 9.17) is 4.74 Å². The lowest BCUT2D eigenvalue weighted by molar-refractivity contribution is 0.0943. The monoisotopic (exact) mass is 341 g/mol. The van der Waals surface area contributed by atoms with Crippen molar-refractivity contribution in [2.24, 2.45) is 0 Å². The number of carbonyl (C=O) groups excluding carboxylic acids is 2. The van der Waals surface area contributed by atoms with Gasteiger partial charge >= 0.3 is 6.03 Å². The van der Waals surface area contributed by atoms with Gasteiger partial charge < -0.3 is 20.7 Å². The number of amides is 3. The molecule has 0 heterocycles. The van der Waals surface area contributed by atoms with E-state index in [9.17, 15) is 9.59 Å². The third kappa shape index (κ3) is 5.53. The molecule has 0 atom stereocenters. The second kappa shape index (κ2) is 8.73. The predicted octanol–water partition coefficient (Wildman–Crippen LogP) is 3.16. The fourth-order valence-corrected chi connectivity index (χ4v) is 2.25. The van der Waals surface area contributed by atoms with Crippen LogP contribution in [-0.4, -0.2) is 25.1 Å². The summed E-state index contributed by atoms with van der Waals surface area (Å²) in [4.78, 5) is 23.9. The van der Waals surface area contributed by atoms with Gasteiger partial charge in [0.25, 0.3) is 5.91 Å². The largest absolute Gasteiger partial charge is 0.496 e. The normalized spacial score (nSPS) is 10.2. The van der Waals surface area contributed by atoms with E-state index in [0.717, 1.165) is 11.3 Å². The minimum Gasteiger partial charge on any atom is -0.496 e. The van der Waals surface area contributed by atoms with Crippen LogP contribution in [-0.2, 0) is 6.54 Å². The third-order valence-electron chi connectivity index (χ3n) is 3.46. The summed E-state index contributed by atoms with van der Waals surface area (Å²) >= 11 is 0. The van der Waals surface area contributed by atoms with Gasteiger partial charge in [0.2, 0.25) is 0 Å². The first-order valence-corrected chi connectivity index (χ1v) is 8.07. The smallest absolute Gasteiger partial charge is 0.319 e. The van der Waals surface area contributed by atoms with Crippen molar-refractivity contribution in [2.75, 3.05) is 12.4 Å². The molecule has 0 fully saturated rings. The molecule has 0 aliphatic heterocycles. The molecule has 0 saturated heterocycles. The molecular weight excluding hydrogens is 318 g/mol. The van der Waals surface area contributed by atoms with Crippen molar-refractivity contribution in [3.63, 3.8) is 0 Å². The molecule has 6 heteroatoms. The van der Waals surface area contributed by atoms with Crippen molar-refractivity contribution >= 4 is 17.6 Å². The van der Waals surface area contributed by atoms with Crippen LogP contribution in [0.1, 0.15) is 29.8 Å². The maximum Gasteiger partial charge on any atom is 0.319 e. The van der Waals surface area contributed by atoms with Crippen LogP contribution in [0.25, 0.3) is 0 Å². The van der Waals surface area contributed by atoms with E-state index in [-0.39, 0.29) is 18.0 Å². The molecule has 0 saturated carbocycles. The zero-order valence-corrected chi connectivity index (χ0v) is 14.6. The van der Waals surface area contributed by atoms with Crippen LogP contribution in [0.3, 0.4) is 0 Å². The van der Waals surface area contributed by atoms with Gasteiger partial charge in [-0.2, -0.15) is 0 Å². The number of hydrogen-bond acceptors (Lipinski definition) is 3. The molecule has 0 aromatic heterocycles. The molecule has 0 spiro atoms. The molecule has 6 nitrogen and oxygen atoms in total. The Morgan fingerprint density at radius 2 is 1.72 bits per heavy atom. The highest BCUT2D eigenvalue weighted by atomic mass is 16.5. The number of hydrogen-bond donors (Lipinski definition) is 3. The van der Waals surface area contributed by atoms with E-state index >= 15 is 0 Å². The van der Waals surface area contributed by atoms with Crippen LogP contribution in [0.5, 0.6) is 5.75 Å². The zero-order valence-electron chi connectivity index (χ0n) is 14.6. The second-order valence-corrected chi connectivity index (χ2v) is 5.83. The van der Waals surface area contributed by atoms with Crippen LogP contribution < -0.4 is 20.7 Å².